The third-order valence-corrected chi connectivity index (χ3v) is 4.74. The first-order valence-corrected chi connectivity index (χ1v) is 7.42. The van der Waals surface area contributed by atoms with Gasteiger partial charge in [0.25, 0.3) is 5.69 Å². The highest BCUT2D eigenvalue weighted by atomic mass is 35.5. The Labute approximate surface area is 128 Å². The van der Waals surface area contributed by atoms with Gasteiger partial charge < -0.3 is 5.11 Å². The summed E-state index contributed by atoms with van der Waals surface area (Å²) in [5, 5.41) is 21.1. The van der Waals surface area contributed by atoms with Crippen LogP contribution in [0, 0.1) is 21.4 Å². The molecular weight excluding hydrogens is 294 g/mol. The lowest BCUT2D eigenvalue weighted by Gasteiger charge is -2.24. The number of aliphatic carboxylic acids is 1. The number of hydrogen-bond acceptors (Lipinski definition) is 3. The van der Waals surface area contributed by atoms with E-state index < -0.39 is 16.3 Å². The summed E-state index contributed by atoms with van der Waals surface area (Å²) >= 11 is 5.92. The van der Waals surface area contributed by atoms with E-state index in [1.54, 1.807) is 0 Å². The maximum absolute atomic E-state index is 11.8. The normalized spacial score (nSPS) is 25.0. The van der Waals surface area contributed by atoms with E-state index in [2.05, 4.69) is 0 Å². The highest BCUT2D eigenvalue weighted by molar-refractivity contribution is 6.30. The van der Waals surface area contributed by atoms with E-state index >= 15 is 0 Å². The van der Waals surface area contributed by atoms with Crippen molar-refractivity contribution < 1.29 is 14.8 Å². The van der Waals surface area contributed by atoms with E-state index in [0.29, 0.717) is 29.3 Å². The molecule has 1 aromatic carbocycles. The van der Waals surface area contributed by atoms with Crippen LogP contribution in [0.1, 0.15) is 38.2 Å². The van der Waals surface area contributed by atoms with Crippen LogP contribution in [0.4, 0.5) is 5.69 Å². The molecule has 0 saturated heterocycles. The SMILES string of the molecule is CCC1CCC(Cc2cc(Cl)ccc2[N+](=O)[O-])(C(=O)O)C1. The molecule has 5 nitrogen and oxygen atoms in total. The minimum absolute atomic E-state index is 0.0556. The van der Waals surface area contributed by atoms with Crippen molar-refractivity contribution in [2.45, 2.75) is 39.0 Å². The van der Waals surface area contributed by atoms with Gasteiger partial charge >= 0.3 is 5.97 Å². The van der Waals surface area contributed by atoms with Gasteiger partial charge in [-0.1, -0.05) is 24.9 Å². The van der Waals surface area contributed by atoms with Crippen molar-refractivity contribution >= 4 is 23.3 Å². The predicted molar refractivity (Wildman–Crippen MR) is 79.5 cm³/mol. The van der Waals surface area contributed by atoms with E-state index in [4.69, 9.17) is 11.6 Å². The van der Waals surface area contributed by atoms with Crippen molar-refractivity contribution in [2.24, 2.45) is 11.3 Å². The van der Waals surface area contributed by atoms with Crippen LogP contribution in [0.5, 0.6) is 0 Å². The number of nitrogens with zero attached hydrogens (tertiary/aromatic N) is 1. The summed E-state index contributed by atoms with van der Waals surface area (Å²) < 4.78 is 0. The van der Waals surface area contributed by atoms with E-state index in [9.17, 15) is 20.0 Å². The number of benzene rings is 1. The molecule has 0 aromatic heterocycles. The van der Waals surface area contributed by atoms with Crippen LogP contribution < -0.4 is 0 Å². The molecule has 0 spiro atoms. The largest absolute Gasteiger partial charge is 0.481 e. The molecule has 0 radical (unpaired) electrons. The van der Waals surface area contributed by atoms with Gasteiger partial charge in [0.15, 0.2) is 0 Å². The number of hydrogen-bond donors (Lipinski definition) is 1. The van der Waals surface area contributed by atoms with Gasteiger partial charge in [-0.25, -0.2) is 0 Å². The molecule has 1 aliphatic rings. The van der Waals surface area contributed by atoms with Crippen molar-refractivity contribution in [1.82, 2.24) is 0 Å². The summed E-state index contributed by atoms with van der Waals surface area (Å²) in [6.45, 7) is 2.05. The molecule has 1 N–H and O–H groups in total. The molecule has 1 aromatic rings. The highest BCUT2D eigenvalue weighted by Crippen LogP contribution is 2.46. The second-order valence-corrected chi connectivity index (χ2v) is 6.25. The summed E-state index contributed by atoms with van der Waals surface area (Å²) in [5.41, 5.74) is -0.553. The van der Waals surface area contributed by atoms with E-state index in [-0.39, 0.29) is 12.1 Å². The zero-order chi connectivity index (χ0) is 15.6. The standard InChI is InChI=1S/C15H18ClNO4/c1-2-10-5-6-15(8-10,14(18)19)9-11-7-12(16)3-4-13(11)17(20)21/h3-4,7,10H,2,5-6,8-9H2,1H3,(H,18,19). The Bertz CT molecular complexity index is 575. The molecule has 1 aliphatic carbocycles. The Morgan fingerprint density at radius 3 is 2.81 bits per heavy atom. The summed E-state index contributed by atoms with van der Waals surface area (Å²) in [5.74, 6) is -0.493. The number of carbonyl (C=O) groups is 1. The van der Waals surface area contributed by atoms with E-state index in [1.165, 1.54) is 18.2 Å². The minimum Gasteiger partial charge on any atom is -0.481 e. The molecule has 114 valence electrons. The summed E-state index contributed by atoms with van der Waals surface area (Å²) in [6.07, 6.45) is 3.09. The molecule has 2 atom stereocenters. The molecular formula is C15H18ClNO4. The van der Waals surface area contributed by atoms with Gasteiger partial charge in [-0.05, 0) is 43.7 Å². The van der Waals surface area contributed by atoms with Crippen LogP contribution in [0.3, 0.4) is 0 Å². The predicted octanol–water partition coefficient (Wildman–Crippen LogP) is 4.07. The Morgan fingerprint density at radius 2 is 2.29 bits per heavy atom. The van der Waals surface area contributed by atoms with Crippen molar-refractivity contribution in [3.63, 3.8) is 0 Å². The second kappa shape index (κ2) is 6.02. The first-order chi connectivity index (χ1) is 9.88. The average Bonchev–Trinajstić information content (AvgIpc) is 2.83. The van der Waals surface area contributed by atoms with Crippen molar-refractivity contribution in [2.75, 3.05) is 0 Å². The fraction of sp³-hybridized carbons (Fsp3) is 0.533. The third kappa shape index (κ3) is 3.18. The first-order valence-electron chi connectivity index (χ1n) is 7.04. The van der Waals surface area contributed by atoms with Gasteiger partial charge in [-0.3, -0.25) is 14.9 Å². The van der Waals surface area contributed by atoms with Crippen LogP contribution >= 0.6 is 11.6 Å². The first kappa shape index (κ1) is 15.8. The number of halogens is 1. The monoisotopic (exact) mass is 311 g/mol. The van der Waals surface area contributed by atoms with Crippen LogP contribution in [0.2, 0.25) is 5.02 Å². The second-order valence-electron chi connectivity index (χ2n) is 5.81. The highest BCUT2D eigenvalue weighted by Gasteiger charge is 2.45. The third-order valence-electron chi connectivity index (χ3n) is 4.51. The molecule has 2 rings (SSSR count). The molecule has 0 bridgehead atoms. The smallest absolute Gasteiger partial charge is 0.309 e. The van der Waals surface area contributed by atoms with Crippen molar-refractivity contribution in [3.05, 3.63) is 38.9 Å². The molecule has 6 heteroatoms. The quantitative estimate of drug-likeness (QED) is 0.656. The molecule has 0 amide bonds. The van der Waals surface area contributed by atoms with Gasteiger partial charge in [-0.15, -0.1) is 0 Å². The van der Waals surface area contributed by atoms with Crippen LogP contribution in [0.15, 0.2) is 18.2 Å². The van der Waals surface area contributed by atoms with Crippen LogP contribution in [-0.2, 0) is 11.2 Å². The van der Waals surface area contributed by atoms with Gasteiger partial charge in [-0.2, -0.15) is 0 Å². The van der Waals surface area contributed by atoms with Gasteiger partial charge in [0, 0.05) is 16.7 Å². The fourth-order valence-electron chi connectivity index (χ4n) is 3.25. The molecule has 1 saturated carbocycles. The fourth-order valence-corrected chi connectivity index (χ4v) is 3.45. The minimum atomic E-state index is -0.907. The average molecular weight is 312 g/mol. The molecule has 21 heavy (non-hydrogen) atoms. The summed E-state index contributed by atoms with van der Waals surface area (Å²) in [4.78, 5) is 22.4. The summed E-state index contributed by atoms with van der Waals surface area (Å²) in [7, 11) is 0. The lowest BCUT2D eigenvalue weighted by atomic mass is 9.78. The van der Waals surface area contributed by atoms with Crippen molar-refractivity contribution in [1.29, 1.82) is 0 Å². The Morgan fingerprint density at radius 1 is 1.57 bits per heavy atom. The van der Waals surface area contributed by atoms with Gasteiger partial charge in [0.2, 0.25) is 0 Å². The molecule has 0 aliphatic heterocycles. The molecule has 0 heterocycles. The number of carboxylic acid groups (broad SMARTS) is 1. The van der Waals surface area contributed by atoms with Crippen LogP contribution in [0.25, 0.3) is 0 Å². The Kier molecular flexibility index (Phi) is 4.52. The lowest BCUT2D eigenvalue weighted by molar-refractivity contribution is -0.385. The van der Waals surface area contributed by atoms with E-state index in [0.717, 1.165) is 12.8 Å². The lowest BCUT2D eigenvalue weighted by Crippen LogP contribution is -2.31. The Balaban J connectivity index is 2.36. The summed E-state index contributed by atoms with van der Waals surface area (Å²) in [6, 6.07) is 4.32. The number of rotatable bonds is 5. The number of nitro groups is 1. The Hall–Kier alpha value is -1.62. The van der Waals surface area contributed by atoms with Crippen LogP contribution in [-0.4, -0.2) is 16.0 Å². The number of carboxylic acids is 1. The maximum atomic E-state index is 11.8. The number of nitro benzene ring substituents is 1. The van der Waals surface area contributed by atoms with Gasteiger partial charge in [0.05, 0.1) is 10.3 Å². The zero-order valence-electron chi connectivity index (χ0n) is 11.8. The topological polar surface area (TPSA) is 80.4 Å². The molecule has 2 unspecified atom stereocenters. The molecule has 1 fully saturated rings. The van der Waals surface area contributed by atoms with Gasteiger partial charge in [0.1, 0.15) is 0 Å². The zero-order valence-corrected chi connectivity index (χ0v) is 12.6. The maximum Gasteiger partial charge on any atom is 0.309 e. The van der Waals surface area contributed by atoms with Crippen molar-refractivity contribution in [3.8, 4) is 0 Å². The van der Waals surface area contributed by atoms with E-state index in [1.807, 2.05) is 6.92 Å².